The molecule has 0 aliphatic carbocycles. The Balaban J connectivity index is 1.21. The number of benzene rings is 9. The molecule has 3 aliphatic heterocycles. The lowest BCUT2D eigenvalue weighted by Gasteiger charge is -2.52. The van der Waals surface area contributed by atoms with Crippen molar-refractivity contribution in [3.8, 4) is 22.3 Å². The highest BCUT2D eigenvalue weighted by Gasteiger charge is 2.54. The normalized spacial score (nSPS) is 14.3. The van der Waals surface area contributed by atoms with Crippen molar-refractivity contribution >= 4 is 77.7 Å². The maximum Gasteiger partial charge on any atom is 0.334 e. The molecule has 0 saturated carbocycles. The summed E-state index contributed by atoms with van der Waals surface area (Å²) in [5.41, 5.74) is 18.6. The van der Waals surface area contributed by atoms with E-state index in [0.717, 1.165) is 0 Å². The van der Waals surface area contributed by atoms with Gasteiger partial charge in [-0.3, -0.25) is 0 Å². The molecule has 0 N–H and O–H groups in total. The fraction of sp³-hybridized carbons (Fsp3) is 0.0847. The zero-order chi connectivity index (χ0) is 42.0. The molecule has 0 spiro atoms. The number of thiophene rings is 1. The van der Waals surface area contributed by atoms with Crippen LogP contribution >= 0.6 is 11.3 Å². The minimum Gasteiger partial charge on any atom is -0.376 e. The molecule has 4 heterocycles. The third kappa shape index (κ3) is 5.01. The Bertz CT molecular complexity index is 3420. The van der Waals surface area contributed by atoms with E-state index in [1.54, 1.807) is 0 Å². The first kappa shape index (κ1) is 36.5. The molecule has 2 nitrogen and oxygen atoms in total. The molecule has 3 aliphatic rings. The van der Waals surface area contributed by atoms with Crippen LogP contribution in [0.25, 0.3) is 43.1 Å². The summed E-state index contributed by atoms with van der Waals surface area (Å²) in [7, 11) is 0. The van der Waals surface area contributed by atoms with Crippen molar-refractivity contribution in [2.24, 2.45) is 0 Å². The van der Waals surface area contributed by atoms with E-state index in [4.69, 9.17) is 0 Å². The summed E-state index contributed by atoms with van der Waals surface area (Å²) < 4.78 is 1.30. The lowest BCUT2D eigenvalue weighted by Crippen LogP contribution is -2.63. The number of anilines is 5. The Morgan fingerprint density at radius 2 is 1.13 bits per heavy atom. The minimum atomic E-state index is -0.564. The van der Waals surface area contributed by atoms with Crippen LogP contribution in [0.1, 0.15) is 48.6 Å². The van der Waals surface area contributed by atoms with E-state index in [-0.39, 0.29) is 12.3 Å². The van der Waals surface area contributed by atoms with E-state index in [9.17, 15) is 0 Å². The molecule has 0 radical (unpaired) electrons. The van der Waals surface area contributed by atoms with E-state index in [1.165, 1.54) is 110 Å². The fourth-order valence-electron chi connectivity index (χ4n) is 11.4. The first-order chi connectivity index (χ1) is 30.9. The predicted molar refractivity (Wildman–Crippen MR) is 269 cm³/mol. The van der Waals surface area contributed by atoms with Gasteiger partial charge < -0.3 is 9.71 Å². The second kappa shape index (κ2) is 13.4. The van der Waals surface area contributed by atoms with Crippen LogP contribution in [0, 0.1) is 0 Å². The molecule has 13 rings (SSSR count). The number of hydrogen-bond acceptors (Lipinski definition) is 3. The molecule has 0 unspecified atom stereocenters. The molecule has 10 aromatic rings. The second-order valence-electron chi connectivity index (χ2n) is 18.4. The molecule has 0 fully saturated rings. The largest absolute Gasteiger partial charge is 0.376 e. The lowest BCUT2D eigenvalue weighted by atomic mass is 9.42. The van der Waals surface area contributed by atoms with Crippen LogP contribution in [0.15, 0.2) is 206 Å². The quantitative estimate of drug-likeness (QED) is 0.163. The molecule has 63 heavy (non-hydrogen) atoms. The summed E-state index contributed by atoms with van der Waals surface area (Å²) in [5.74, 6) is 0. The van der Waals surface area contributed by atoms with Crippen LogP contribution in [0.2, 0.25) is 0 Å². The van der Waals surface area contributed by atoms with Crippen molar-refractivity contribution < 1.29 is 0 Å². The van der Waals surface area contributed by atoms with Gasteiger partial charge in [-0.15, -0.1) is 11.3 Å². The zero-order valence-electron chi connectivity index (χ0n) is 35.5. The van der Waals surface area contributed by atoms with E-state index in [0.29, 0.717) is 0 Å². The van der Waals surface area contributed by atoms with E-state index in [2.05, 4.69) is 237 Å². The van der Waals surface area contributed by atoms with Crippen LogP contribution in [0.5, 0.6) is 0 Å². The van der Waals surface area contributed by atoms with Gasteiger partial charge in [-0.2, -0.15) is 0 Å². The first-order valence-corrected chi connectivity index (χ1v) is 23.0. The standard InChI is InChI=1S/C59H43BN2S/c1-58(2,3)42-34-35-49(46(37-42)38-20-7-4-8-21-38)61-51-36-39-22-13-14-27-43(39)53-45-29-19-31-48-56(45)62(60(55(51)53)54-44-28-15-18-33-52(44)63-57(54)61)50-32-17-16-30-47(50)59(48,40-23-9-5-10-24-40)41-25-11-6-12-26-41/h4-37H,1-3H3. The van der Waals surface area contributed by atoms with Crippen LogP contribution < -0.4 is 20.6 Å². The predicted octanol–water partition coefficient (Wildman–Crippen LogP) is 14.4. The van der Waals surface area contributed by atoms with Crippen LogP contribution in [0.4, 0.5) is 27.8 Å². The van der Waals surface area contributed by atoms with Gasteiger partial charge in [0.05, 0.1) is 16.1 Å². The SMILES string of the molecule is CC(C)(C)c1ccc(N2c3cc4ccccc4c4c3B(c3c2sc2ccccc32)N2c3ccccc3C(c3ccccc3)(c3ccccc3)c3cccc-4c32)c(-c2ccccc2)c1. The van der Waals surface area contributed by atoms with Crippen LogP contribution in [-0.2, 0) is 10.8 Å². The number of hydrogen-bond donors (Lipinski definition) is 0. The highest BCUT2D eigenvalue weighted by atomic mass is 32.1. The number of rotatable bonds is 4. The van der Waals surface area contributed by atoms with Crippen molar-refractivity contribution in [1.82, 2.24) is 0 Å². The molecule has 0 saturated heterocycles. The van der Waals surface area contributed by atoms with Gasteiger partial charge in [-0.25, -0.2) is 0 Å². The average molecular weight is 823 g/mol. The van der Waals surface area contributed by atoms with Gasteiger partial charge in [0.1, 0.15) is 0 Å². The Morgan fingerprint density at radius 3 is 1.87 bits per heavy atom. The van der Waals surface area contributed by atoms with Crippen molar-refractivity contribution in [3.63, 3.8) is 0 Å². The fourth-order valence-corrected chi connectivity index (χ4v) is 12.7. The second-order valence-corrected chi connectivity index (χ2v) is 19.4. The highest BCUT2D eigenvalue weighted by molar-refractivity contribution is 7.26. The molecular formula is C59H43BN2S. The Labute approximate surface area is 373 Å². The van der Waals surface area contributed by atoms with Crippen molar-refractivity contribution in [2.45, 2.75) is 31.6 Å². The average Bonchev–Trinajstić information content (AvgIpc) is 3.72. The van der Waals surface area contributed by atoms with Gasteiger partial charge in [-0.1, -0.05) is 197 Å². The minimum absolute atomic E-state index is 0.0161. The smallest absolute Gasteiger partial charge is 0.334 e. The number of fused-ring (bicyclic) bond motifs is 10. The number of nitrogens with zero attached hydrogens (tertiary/aromatic N) is 2. The summed E-state index contributed by atoms with van der Waals surface area (Å²) in [4.78, 5) is 5.39. The molecular weight excluding hydrogens is 780 g/mol. The molecule has 0 atom stereocenters. The van der Waals surface area contributed by atoms with Gasteiger partial charge in [0.25, 0.3) is 0 Å². The highest BCUT2D eigenvalue weighted by Crippen LogP contribution is 2.61. The third-order valence-electron chi connectivity index (χ3n) is 14.1. The van der Waals surface area contributed by atoms with E-state index in [1.807, 2.05) is 11.3 Å². The Hall–Kier alpha value is -7.14. The molecule has 9 aromatic carbocycles. The monoisotopic (exact) mass is 822 g/mol. The zero-order valence-corrected chi connectivity index (χ0v) is 36.3. The molecule has 1 aromatic heterocycles. The molecule has 298 valence electrons. The lowest BCUT2D eigenvalue weighted by molar-refractivity contribution is 0.590. The number of para-hydroxylation sites is 2. The maximum absolute atomic E-state index is 2.75. The summed E-state index contributed by atoms with van der Waals surface area (Å²) in [5, 5.41) is 5.11. The van der Waals surface area contributed by atoms with Crippen molar-refractivity contribution in [3.05, 3.63) is 234 Å². The summed E-state index contributed by atoms with van der Waals surface area (Å²) in [6, 6.07) is 77.8. The van der Waals surface area contributed by atoms with E-state index >= 15 is 0 Å². The molecule has 0 amide bonds. The van der Waals surface area contributed by atoms with Gasteiger partial charge in [-0.05, 0) is 102 Å². The topological polar surface area (TPSA) is 6.48 Å². The summed E-state index contributed by atoms with van der Waals surface area (Å²) in [6.07, 6.45) is 0. The van der Waals surface area contributed by atoms with Gasteiger partial charge >= 0.3 is 6.85 Å². The van der Waals surface area contributed by atoms with E-state index < -0.39 is 5.41 Å². The van der Waals surface area contributed by atoms with Gasteiger partial charge in [0.2, 0.25) is 0 Å². The third-order valence-corrected chi connectivity index (χ3v) is 15.2. The molecule has 4 heteroatoms. The van der Waals surface area contributed by atoms with Gasteiger partial charge in [0, 0.05) is 32.9 Å². The van der Waals surface area contributed by atoms with Gasteiger partial charge in [0.15, 0.2) is 0 Å². The summed E-state index contributed by atoms with van der Waals surface area (Å²) in [6.45, 7) is 6.85. The van der Waals surface area contributed by atoms with Crippen molar-refractivity contribution in [2.75, 3.05) is 9.71 Å². The Morgan fingerprint density at radius 1 is 0.492 bits per heavy atom. The maximum atomic E-state index is 2.75. The summed E-state index contributed by atoms with van der Waals surface area (Å²) >= 11 is 1.92. The van der Waals surface area contributed by atoms with Crippen LogP contribution in [-0.4, -0.2) is 6.85 Å². The molecule has 0 bridgehead atoms. The first-order valence-electron chi connectivity index (χ1n) is 22.1. The Kier molecular flexibility index (Phi) is 7.78. The van der Waals surface area contributed by atoms with Crippen LogP contribution in [0.3, 0.4) is 0 Å². The van der Waals surface area contributed by atoms with Crippen molar-refractivity contribution in [1.29, 1.82) is 0 Å².